The Morgan fingerprint density at radius 3 is 2.56 bits per heavy atom. The van der Waals surface area contributed by atoms with Gasteiger partial charge in [0.25, 0.3) is 0 Å². The molecule has 0 radical (unpaired) electrons. The van der Waals surface area contributed by atoms with Crippen LogP contribution in [0.25, 0.3) is 0 Å². The highest BCUT2D eigenvalue weighted by Gasteiger charge is 2.17. The number of aryl methyl sites for hydroxylation is 2. The first kappa shape index (κ1) is 13.8. The molecule has 1 aromatic carbocycles. The number of benzene rings is 1. The quantitative estimate of drug-likeness (QED) is 0.837. The van der Waals surface area contributed by atoms with E-state index in [0.717, 1.165) is 19.4 Å². The minimum Gasteiger partial charge on any atom is -0.377 e. The Morgan fingerprint density at radius 1 is 1.22 bits per heavy atom. The number of hydrogen-bond donors (Lipinski definition) is 0. The molecule has 18 heavy (non-hydrogen) atoms. The van der Waals surface area contributed by atoms with Gasteiger partial charge in [-0.15, -0.1) is 0 Å². The molecule has 3 heteroatoms. The largest absolute Gasteiger partial charge is 0.377 e. The van der Waals surface area contributed by atoms with E-state index in [1.54, 1.807) is 0 Å². The second-order valence-corrected chi connectivity index (χ2v) is 6.74. The van der Waals surface area contributed by atoms with Crippen LogP contribution in [0.2, 0.25) is 0 Å². The van der Waals surface area contributed by atoms with E-state index in [0.29, 0.717) is 11.5 Å². The molecular formula is C15H22O2S. The minimum absolute atomic E-state index is 0.213. The molecule has 1 aliphatic rings. The Kier molecular flexibility index (Phi) is 4.95. The Balaban J connectivity index is 1.89. The van der Waals surface area contributed by atoms with Crippen molar-refractivity contribution >= 4 is 10.8 Å². The van der Waals surface area contributed by atoms with Gasteiger partial charge in [-0.1, -0.05) is 29.3 Å². The van der Waals surface area contributed by atoms with Crippen LogP contribution >= 0.6 is 0 Å². The summed E-state index contributed by atoms with van der Waals surface area (Å²) in [6, 6.07) is 6.41. The molecule has 0 bridgehead atoms. The van der Waals surface area contributed by atoms with Gasteiger partial charge in [-0.25, -0.2) is 0 Å². The third-order valence-electron chi connectivity index (χ3n) is 3.25. The predicted octanol–water partition coefficient (Wildman–Crippen LogP) is 3.12. The summed E-state index contributed by atoms with van der Waals surface area (Å²) in [4.78, 5) is 0. The van der Waals surface area contributed by atoms with Gasteiger partial charge < -0.3 is 4.74 Å². The van der Waals surface area contributed by atoms with E-state index in [2.05, 4.69) is 32.0 Å². The van der Waals surface area contributed by atoms with E-state index in [4.69, 9.17) is 4.74 Å². The van der Waals surface area contributed by atoms with Crippen molar-refractivity contribution in [2.45, 2.75) is 45.0 Å². The topological polar surface area (TPSA) is 26.3 Å². The summed E-state index contributed by atoms with van der Waals surface area (Å²) in [5.41, 5.74) is 3.67. The highest BCUT2D eigenvalue weighted by molar-refractivity contribution is 7.84. The maximum absolute atomic E-state index is 12.1. The van der Waals surface area contributed by atoms with Gasteiger partial charge in [-0.05, 0) is 38.7 Å². The zero-order chi connectivity index (χ0) is 13.0. The normalized spacial score (nSPS) is 21.8. The molecule has 0 N–H and O–H groups in total. The summed E-state index contributed by atoms with van der Waals surface area (Å²) in [5.74, 6) is 1.34. The summed E-state index contributed by atoms with van der Waals surface area (Å²) >= 11 is 0. The van der Waals surface area contributed by atoms with Gasteiger partial charge in [0.15, 0.2) is 0 Å². The molecule has 1 fully saturated rings. The summed E-state index contributed by atoms with van der Waals surface area (Å²) < 4.78 is 17.8. The maximum Gasteiger partial charge on any atom is 0.0690 e. The molecule has 100 valence electrons. The molecule has 0 spiro atoms. The van der Waals surface area contributed by atoms with Crippen molar-refractivity contribution in [2.24, 2.45) is 0 Å². The molecule has 1 heterocycles. The van der Waals surface area contributed by atoms with Gasteiger partial charge in [0.2, 0.25) is 0 Å². The van der Waals surface area contributed by atoms with Crippen LogP contribution in [0.1, 0.15) is 36.0 Å². The first-order chi connectivity index (χ1) is 8.63. The first-order valence-corrected chi connectivity index (χ1v) is 8.16. The number of rotatable bonds is 4. The summed E-state index contributed by atoms with van der Waals surface area (Å²) in [6.07, 6.45) is 3.65. The van der Waals surface area contributed by atoms with Crippen molar-refractivity contribution in [3.63, 3.8) is 0 Å². The van der Waals surface area contributed by atoms with Crippen molar-refractivity contribution in [2.75, 3.05) is 12.4 Å². The average Bonchev–Trinajstić information content (AvgIpc) is 2.28. The molecule has 0 aromatic heterocycles. The Morgan fingerprint density at radius 2 is 1.94 bits per heavy atom. The third kappa shape index (κ3) is 4.21. The molecule has 2 atom stereocenters. The second-order valence-electron chi connectivity index (χ2n) is 5.24. The lowest BCUT2D eigenvalue weighted by Crippen LogP contribution is -2.25. The third-order valence-corrected chi connectivity index (χ3v) is 4.65. The van der Waals surface area contributed by atoms with Crippen LogP contribution in [0, 0.1) is 13.8 Å². The molecule has 2 unspecified atom stereocenters. The molecule has 2 rings (SSSR count). The van der Waals surface area contributed by atoms with Crippen LogP contribution in [0.4, 0.5) is 0 Å². The van der Waals surface area contributed by atoms with Crippen LogP contribution in [0.3, 0.4) is 0 Å². The van der Waals surface area contributed by atoms with Gasteiger partial charge in [0, 0.05) is 23.2 Å². The fraction of sp³-hybridized carbons (Fsp3) is 0.600. The van der Waals surface area contributed by atoms with Gasteiger partial charge in [-0.2, -0.15) is 0 Å². The van der Waals surface area contributed by atoms with Gasteiger partial charge in [-0.3, -0.25) is 4.21 Å². The first-order valence-electron chi connectivity index (χ1n) is 6.67. The lowest BCUT2D eigenvalue weighted by atomic mass is 10.1. The zero-order valence-electron chi connectivity index (χ0n) is 11.3. The van der Waals surface area contributed by atoms with Gasteiger partial charge >= 0.3 is 0 Å². The zero-order valence-corrected chi connectivity index (χ0v) is 12.1. The van der Waals surface area contributed by atoms with Crippen LogP contribution in [-0.2, 0) is 21.3 Å². The molecule has 2 nitrogen and oxygen atoms in total. The van der Waals surface area contributed by atoms with Crippen molar-refractivity contribution < 1.29 is 8.95 Å². The average molecular weight is 266 g/mol. The van der Waals surface area contributed by atoms with Crippen LogP contribution < -0.4 is 0 Å². The van der Waals surface area contributed by atoms with E-state index in [1.165, 1.54) is 23.1 Å². The van der Waals surface area contributed by atoms with Crippen LogP contribution in [-0.4, -0.2) is 22.7 Å². The number of ether oxygens (including phenoxy) is 1. The SMILES string of the molecule is Cc1cc(C)cc(CS(=O)CC2CCCCO2)c1. The predicted molar refractivity (Wildman–Crippen MR) is 76.2 cm³/mol. The number of hydrogen-bond acceptors (Lipinski definition) is 2. The smallest absolute Gasteiger partial charge is 0.0690 e. The van der Waals surface area contributed by atoms with Gasteiger partial charge in [0.1, 0.15) is 0 Å². The van der Waals surface area contributed by atoms with Crippen molar-refractivity contribution in [3.8, 4) is 0 Å². The monoisotopic (exact) mass is 266 g/mol. The molecule has 1 saturated heterocycles. The minimum atomic E-state index is -0.810. The van der Waals surface area contributed by atoms with E-state index in [9.17, 15) is 4.21 Å². The Hall–Kier alpha value is -0.670. The Bertz CT molecular complexity index is 402. The molecular weight excluding hydrogens is 244 g/mol. The summed E-state index contributed by atoms with van der Waals surface area (Å²) in [6.45, 7) is 5.01. The van der Waals surface area contributed by atoms with E-state index < -0.39 is 10.8 Å². The molecule has 0 aliphatic carbocycles. The fourth-order valence-electron chi connectivity index (χ4n) is 2.54. The van der Waals surface area contributed by atoms with Crippen LogP contribution in [0.5, 0.6) is 0 Å². The van der Waals surface area contributed by atoms with E-state index in [-0.39, 0.29) is 6.10 Å². The molecule has 1 aromatic rings. The lowest BCUT2D eigenvalue weighted by molar-refractivity contribution is 0.0310. The highest BCUT2D eigenvalue weighted by Crippen LogP contribution is 2.16. The van der Waals surface area contributed by atoms with Crippen molar-refractivity contribution in [3.05, 3.63) is 34.9 Å². The Labute approximate surface area is 112 Å². The van der Waals surface area contributed by atoms with Crippen molar-refractivity contribution in [1.29, 1.82) is 0 Å². The van der Waals surface area contributed by atoms with Crippen LogP contribution in [0.15, 0.2) is 18.2 Å². The second kappa shape index (κ2) is 6.48. The van der Waals surface area contributed by atoms with Crippen molar-refractivity contribution in [1.82, 2.24) is 0 Å². The summed E-state index contributed by atoms with van der Waals surface area (Å²) in [7, 11) is -0.810. The fourth-order valence-corrected chi connectivity index (χ4v) is 3.88. The summed E-state index contributed by atoms with van der Waals surface area (Å²) in [5, 5.41) is 0. The van der Waals surface area contributed by atoms with E-state index in [1.807, 2.05) is 0 Å². The standard InChI is InChI=1S/C15H22O2S/c1-12-7-13(2)9-14(8-12)10-18(16)11-15-5-3-4-6-17-15/h7-9,15H,3-6,10-11H2,1-2H3. The van der Waals surface area contributed by atoms with Gasteiger partial charge in [0.05, 0.1) is 11.9 Å². The maximum atomic E-state index is 12.1. The lowest BCUT2D eigenvalue weighted by Gasteiger charge is -2.22. The highest BCUT2D eigenvalue weighted by atomic mass is 32.2. The van der Waals surface area contributed by atoms with E-state index >= 15 is 0 Å². The molecule has 0 amide bonds. The molecule has 0 saturated carbocycles. The molecule has 1 aliphatic heterocycles.